The van der Waals surface area contributed by atoms with E-state index in [0.717, 1.165) is 12.8 Å². The van der Waals surface area contributed by atoms with E-state index in [9.17, 15) is 19.5 Å². The van der Waals surface area contributed by atoms with E-state index in [0.29, 0.717) is 18.3 Å². The molecule has 0 aromatic heterocycles. The van der Waals surface area contributed by atoms with Gasteiger partial charge in [-0.15, -0.1) is 0 Å². The highest BCUT2D eigenvalue weighted by molar-refractivity contribution is 5.73. The van der Waals surface area contributed by atoms with Crippen LogP contribution in [0.3, 0.4) is 0 Å². The third-order valence-electron chi connectivity index (χ3n) is 3.70. The normalized spacial score (nSPS) is 14.6. The Morgan fingerprint density at radius 1 is 1.04 bits per heavy atom. The van der Waals surface area contributed by atoms with E-state index in [1.807, 2.05) is 6.92 Å². The Kier molecular flexibility index (Phi) is 10.8. The van der Waals surface area contributed by atoms with Crippen LogP contribution < -0.4 is 5.32 Å². The number of carboxylic acid groups (broad SMARTS) is 1. The molecule has 0 unspecified atom stereocenters. The third kappa shape index (κ3) is 10.1. The maximum absolute atomic E-state index is 11.7. The van der Waals surface area contributed by atoms with Crippen LogP contribution in [0.5, 0.6) is 0 Å². The molecule has 0 fully saturated rings. The van der Waals surface area contributed by atoms with Crippen molar-refractivity contribution in [3.63, 3.8) is 0 Å². The third-order valence-corrected chi connectivity index (χ3v) is 3.70. The van der Waals surface area contributed by atoms with Crippen molar-refractivity contribution in [3.05, 3.63) is 0 Å². The fourth-order valence-corrected chi connectivity index (χ4v) is 2.46. The number of aliphatic carboxylic acids is 1. The van der Waals surface area contributed by atoms with Crippen LogP contribution in [0.4, 0.5) is 4.79 Å². The number of hydrogen-bond acceptors (Lipinski definition) is 5. The minimum Gasteiger partial charge on any atom is -0.481 e. The zero-order valence-electron chi connectivity index (χ0n) is 15.3. The average Bonchev–Trinajstić information content (AvgIpc) is 2.48. The van der Waals surface area contributed by atoms with E-state index >= 15 is 0 Å². The van der Waals surface area contributed by atoms with Gasteiger partial charge in [-0.25, -0.2) is 4.79 Å². The van der Waals surface area contributed by atoms with Crippen LogP contribution in [0, 0.1) is 17.8 Å². The summed E-state index contributed by atoms with van der Waals surface area (Å²) in [4.78, 5) is 34.2. The molecule has 0 aliphatic rings. The van der Waals surface area contributed by atoms with Crippen molar-refractivity contribution in [1.82, 2.24) is 5.32 Å². The van der Waals surface area contributed by atoms with Crippen molar-refractivity contribution in [2.45, 2.75) is 66.6 Å². The quantitative estimate of drug-likeness (QED) is 0.440. The number of esters is 1. The highest BCUT2D eigenvalue weighted by Crippen LogP contribution is 2.23. The summed E-state index contributed by atoms with van der Waals surface area (Å²) in [6, 6.07) is 0. The zero-order valence-corrected chi connectivity index (χ0v) is 15.3. The van der Waals surface area contributed by atoms with E-state index in [4.69, 9.17) is 9.47 Å². The predicted octanol–water partition coefficient (Wildman–Crippen LogP) is 3.18. The molecule has 7 nitrogen and oxygen atoms in total. The largest absolute Gasteiger partial charge is 0.481 e. The number of carboxylic acids is 1. The van der Waals surface area contributed by atoms with Crippen molar-refractivity contribution >= 4 is 18.0 Å². The number of ether oxygens (including phenoxy) is 2. The van der Waals surface area contributed by atoms with Gasteiger partial charge in [-0.05, 0) is 24.7 Å². The number of rotatable bonds is 11. The Morgan fingerprint density at radius 2 is 1.67 bits per heavy atom. The van der Waals surface area contributed by atoms with Gasteiger partial charge in [-0.1, -0.05) is 34.1 Å². The lowest BCUT2D eigenvalue weighted by Crippen LogP contribution is -2.36. The first kappa shape index (κ1) is 22.2. The molecular weight excluding hydrogens is 314 g/mol. The minimum absolute atomic E-state index is 0.0167. The van der Waals surface area contributed by atoms with Gasteiger partial charge < -0.3 is 19.9 Å². The summed E-state index contributed by atoms with van der Waals surface area (Å²) >= 11 is 0. The van der Waals surface area contributed by atoms with E-state index < -0.39 is 30.2 Å². The zero-order chi connectivity index (χ0) is 18.7. The van der Waals surface area contributed by atoms with Crippen molar-refractivity contribution in [2.24, 2.45) is 17.8 Å². The molecule has 0 radical (unpaired) electrons. The Balaban J connectivity index is 4.40. The summed E-state index contributed by atoms with van der Waals surface area (Å²) in [6.07, 6.45) is 0.736. The molecule has 2 N–H and O–H groups in total. The number of carbonyl (C=O) groups excluding carboxylic acids is 2. The van der Waals surface area contributed by atoms with Crippen molar-refractivity contribution < 1.29 is 29.0 Å². The van der Waals surface area contributed by atoms with Gasteiger partial charge in [-0.3, -0.25) is 9.59 Å². The SMILES string of the molecule is CCC(=O)O[C@@H](C)OC(=O)NC[C@@H](C[C@@H](CC)CC(C)C)C(=O)O. The predicted molar refractivity (Wildman–Crippen MR) is 89.3 cm³/mol. The highest BCUT2D eigenvalue weighted by atomic mass is 16.7. The Hall–Kier alpha value is -1.79. The highest BCUT2D eigenvalue weighted by Gasteiger charge is 2.24. The first-order valence-electron chi connectivity index (χ1n) is 8.56. The molecule has 0 bridgehead atoms. The van der Waals surface area contributed by atoms with E-state index in [1.54, 1.807) is 6.92 Å². The number of hydrogen-bond donors (Lipinski definition) is 2. The molecule has 0 rings (SSSR count). The van der Waals surface area contributed by atoms with Crippen LogP contribution in [-0.2, 0) is 19.1 Å². The van der Waals surface area contributed by atoms with Gasteiger partial charge in [0.25, 0.3) is 0 Å². The second kappa shape index (κ2) is 11.7. The molecule has 140 valence electrons. The van der Waals surface area contributed by atoms with Crippen LogP contribution in [0.2, 0.25) is 0 Å². The van der Waals surface area contributed by atoms with Gasteiger partial charge in [0, 0.05) is 19.9 Å². The molecule has 7 heteroatoms. The maximum atomic E-state index is 11.7. The molecule has 0 saturated heterocycles. The molecule has 0 aromatic rings. The van der Waals surface area contributed by atoms with E-state index in [1.165, 1.54) is 6.92 Å². The van der Waals surface area contributed by atoms with Crippen molar-refractivity contribution in [2.75, 3.05) is 6.54 Å². The summed E-state index contributed by atoms with van der Waals surface area (Å²) in [7, 11) is 0. The van der Waals surface area contributed by atoms with E-state index in [2.05, 4.69) is 19.2 Å². The second-order valence-corrected chi connectivity index (χ2v) is 6.37. The molecule has 0 heterocycles. The van der Waals surface area contributed by atoms with Crippen LogP contribution in [0.15, 0.2) is 0 Å². The lowest BCUT2D eigenvalue weighted by atomic mass is 9.86. The summed E-state index contributed by atoms with van der Waals surface area (Å²) in [5, 5.41) is 11.8. The fourth-order valence-electron chi connectivity index (χ4n) is 2.46. The van der Waals surface area contributed by atoms with Crippen LogP contribution in [0.1, 0.15) is 60.3 Å². The Labute approximate surface area is 144 Å². The van der Waals surface area contributed by atoms with E-state index in [-0.39, 0.29) is 13.0 Å². The first-order valence-corrected chi connectivity index (χ1v) is 8.56. The molecule has 0 saturated carbocycles. The molecule has 0 aliphatic carbocycles. The summed E-state index contributed by atoms with van der Waals surface area (Å²) in [5.41, 5.74) is 0. The summed E-state index contributed by atoms with van der Waals surface area (Å²) in [6.45, 7) is 9.29. The summed E-state index contributed by atoms with van der Waals surface area (Å²) < 4.78 is 9.67. The molecule has 0 aromatic carbocycles. The molecular formula is C17H31NO6. The fraction of sp³-hybridized carbons (Fsp3) is 0.824. The maximum Gasteiger partial charge on any atom is 0.410 e. The lowest BCUT2D eigenvalue weighted by molar-refractivity contribution is -0.164. The lowest BCUT2D eigenvalue weighted by Gasteiger charge is -2.22. The first-order chi connectivity index (χ1) is 11.2. The topological polar surface area (TPSA) is 102 Å². The minimum atomic E-state index is -1.01. The van der Waals surface area contributed by atoms with Gasteiger partial charge in [0.2, 0.25) is 6.29 Å². The number of alkyl carbamates (subject to hydrolysis) is 1. The molecule has 1 amide bonds. The van der Waals surface area contributed by atoms with Gasteiger partial charge in [0.15, 0.2) is 0 Å². The van der Waals surface area contributed by atoms with Gasteiger partial charge in [0.1, 0.15) is 0 Å². The number of nitrogens with one attached hydrogen (secondary N) is 1. The number of carbonyl (C=O) groups is 3. The monoisotopic (exact) mass is 345 g/mol. The molecule has 24 heavy (non-hydrogen) atoms. The van der Waals surface area contributed by atoms with Crippen molar-refractivity contribution in [1.29, 1.82) is 0 Å². The molecule has 0 aliphatic heterocycles. The molecule has 3 atom stereocenters. The standard InChI is InChI=1S/C17H31NO6/c1-6-13(8-11(3)4)9-14(16(20)21)10-18-17(22)24-12(5)23-15(19)7-2/h11-14H,6-10H2,1-5H3,(H,18,22)(H,20,21)/t12-,13+,14-/m1/s1. The summed E-state index contributed by atoms with van der Waals surface area (Å²) in [5.74, 6) is -1.29. The molecule has 0 spiro atoms. The average molecular weight is 345 g/mol. The Morgan fingerprint density at radius 3 is 2.12 bits per heavy atom. The van der Waals surface area contributed by atoms with Crippen LogP contribution in [-0.4, -0.2) is 36.0 Å². The van der Waals surface area contributed by atoms with Crippen LogP contribution in [0.25, 0.3) is 0 Å². The van der Waals surface area contributed by atoms with Crippen molar-refractivity contribution in [3.8, 4) is 0 Å². The second-order valence-electron chi connectivity index (χ2n) is 6.37. The number of amides is 1. The van der Waals surface area contributed by atoms with Crippen LogP contribution >= 0.6 is 0 Å². The van der Waals surface area contributed by atoms with Gasteiger partial charge >= 0.3 is 18.0 Å². The Bertz CT molecular complexity index is 410. The van der Waals surface area contributed by atoms with Gasteiger partial charge in [-0.2, -0.15) is 0 Å². The van der Waals surface area contributed by atoms with Gasteiger partial charge in [0.05, 0.1) is 5.92 Å². The smallest absolute Gasteiger partial charge is 0.410 e.